The Kier molecular flexibility index (Phi) is 2.17. The summed E-state index contributed by atoms with van der Waals surface area (Å²) in [7, 11) is 1.77. The van der Waals surface area contributed by atoms with Crippen molar-refractivity contribution in [2.75, 3.05) is 19.0 Å². The first-order chi connectivity index (χ1) is 7.38. The van der Waals surface area contributed by atoms with E-state index < -0.39 is 0 Å². The molecule has 1 aromatic carbocycles. The molecule has 0 spiro atoms. The predicted octanol–water partition coefficient (Wildman–Crippen LogP) is 2.55. The van der Waals surface area contributed by atoms with Crippen molar-refractivity contribution in [3.05, 3.63) is 29.3 Å². The first kappa shape index (κ1) is 9.22. The van der Waals surface area contributed by atoms with E-state index in [1.54, 1.807) is 18.2 Å². The minimum absolute atomic E-state index is 0.477. The number of benzene rings is 1. The lowest BCUT2D eigenvalue weighted by molar-refractivity contribution is 0.187. The van der Waals surface area contributed by atoms with Gasteiger partial charge in [0.25, 0.3) is 0 Å². The van der Waals surface area contributed by atoms with Crippen molar-refractivity contribution in [3.8, 4) is 0 Å². The van der Waals surface area contributed by atoms with Crippen LogP contribution >= 0.6 is 0 Å². The van der Waals surface area contributed by atoms with E-state index in [0.717, 1.165) is 18.9 Å². The summed E-state index contributed by atoms with van der Waals surface area (Å²) in [6.07, 6.45) is 3.90. The van der Waals surface area contributed by atoms with Gasteiger partial charge in [0, 0.05) is 12.8 Å². The van der Waals surface area contributed by atoms with E-state index in [1.165, 1.54) is 18.5 Å². The van der Waals surface area contributed by atoms with Crippen LogP contribution < -0.4 is 5.32 Å². The maximum Gasteiger partial charge on any atom is 0.0667 e. The molecule has 0 saturated heterocycles. The molecule has 1 aromatic rings. The molecular formula is C13H17NO. The Morgan fingerprint density at radius 1 is 1.40 bits per heavy atom. The molecule has 2 nitrogen and oxygen atoms in total. The molecule has 2 heteroatoms. The van der Waals surface area contributed by atoms with Gasteiger partial charge in [-0.3, -0.25) is 0 Å². The third-order valence-corrected chi connectivity index (χ3v) is 3.41. The molecule has 80 valence electrons. The van der Waals surface area contributed by atoms with E-state index in [4.69, 9.17) is 4.74 Å². The smallest absolute Gasteiger partial charge is 0.0667 e. The Morgan fingerprint density at radius 3 is 3.00 bits per heavy atom. The lowest BCUT2D eigenvalue weighted by Crippen LogP contribution is -2.21. The predicted molar refractivity (Wildman–Crippen MR) is 61.4 cm³/mol. The van der Waals surface area contributed by atoms with Gasteiger partial charge in [-0.25, -0.2) is 0 Å². The summed E-state index contributed by atoms with van der Waals surface area (Å²) < 4.78 is 5.21. The van der Waals surface area contributed by atoms with Crippen LogP contribution in [0, 0.1) is 0 Å². The number of hydrogen-bond acceptors (Lipinski definition) is 2. The Bertz CT molecular complexity index is 371. The van der Waals surface area contributed by atoms with Gasteiger partial charge in [-0.15, -0.1) is 0 Å². The summed E-state index contributed by atoms with van der Waals surface area (Å²) in [6.45, 7) is 0.804. The van der Waals surface area contributed by atoms with Crippen LogP contribution in [0.25, 0.3) is 0 Å². The monoisotopic (exact) mass is 203 g/mol. The highest BCUT2D eigenvalue weighted by molar-refractivity contribution is 5.61. The van der Waals surface area contributed by atoms with Gasteiger partial charge in [0.1, 0.15) is 0 Å². The molecule has 0 aromatic heterocycles. The molecule has 15 heavy (non-hydrogen) atoms. The van der Waals surface area contributed by atoms with Gasteiger partial charge in [-0.05, 0) is 42.4 Å². The SMILES string of the molecule is COC[C@@H]1Cc2c(cccc2C2CC2)N1. The van der Waals surface area contributed by atoms with Gasteiger partial charge >= 0.3 is 0 Å². The fraction of sp³-hybridized carbons (Fsp3) is 0.538. The molecule has 1 N–H and O–H groups in total. The number of ether oxygens (including phenoxy) is 1. The van der Waals surface area contributed by atoms with Crippen molar-refractivity contribution < 1.29 is 4.74 Å². The molecule has 3 rings (SSSR count). The van der Waals surface area contributed by atoms with Gasteiger partial charge in [-0.1, -0.05) is 12.1 Å². The fourth-order valence-electron chi connectivity index (χ4n) is 2.56. The number of rotatable bonds is 3. The summed E-state index contributed by atoms with van der Waals surface area (Å²) >= 11 is 0. The van der Waals surface area contributed by atoms with Crippen LogP contribution in [0.15, 0.2) is 18.2 Å². The number of nitrogens with one attached hydrogen (secondary N) is 1. The van der Waals surface area contributed by atoms with E-state index in [9.17, 15) is 0 Å². The van der Waals surface area contributed by atoms with Gasteiger partial charge in [-0.2, -0.15) is 0 Å². The lowest BCUT2D eigenvalue weighted by atomic mass is 10.00. The summed E-state index contributed by atoms with van der Waals surface area (Å²) in [4.78, 5) is 0. The standard InChI is InChI=1S/C13H17NO/c1-15-8-10-7-12-11(9-5-6-9)3-2-4-13(12)14-10/h2-4,9-10,14H,5-8H2,1H3/t10-/m0/s1. The topological polar surface area (TPSA) is 21.3 Å². The zero-order chi connectivity index (χ0) is 10.3. The highest BCUT2D eigenvalue weighted by Gasteiger charge is 2.30. The first-order valence-corrected chi connectivity index (χ1v) is 5.75. The Balaban J connectivity index is 1.88. The fourth-order valence-corrected chi connectivity index (χ4v) is 2.56. The van der Waals surface area contributed by atoms with Crippen molar-refractivity contribution in [1.82, 2.24) is 0 Å². The average Bonchev–Trinajstić information content (AvgIpc) is 2.98. The highest BCUT2D eigenvalue weighted by Crippen LogP contribution is 2.44. The maximum atomic E-state index is 5.21. The van der Waals surface area contributed by atoms with Crippen LogP contribution in [0.5, 0.6) is 0 Å². The third kappa shape index (κ3) is 1.63. The molecule has 2 aliphatic rings. The average molecular weight is 203 g/mol. The van der Waals surface area contributed by atoms with Crippen LogP contribution in [-0.4, -0.2) is 19.8 Å². The molecule has 0 bridgehead atoms. The quantitative estimate of drug-likeness (QED) is 0.815. The van der Waals surface area contributed by atoms with Crippen LogP contribution in [-0.2, 0) is 11.2 Å². The van der Waals surface area contributed by atoms with E-state index in [0.29, 0.717) is 6.04 Å². The van der Waals surface area contributed by atoms with E-state index in [2.05, 4.69) is 23.5 Å². The molecule has 0 radical (unpaired) electrons. The van der Waals surface area contributed by atoms with Gasteiger partial charge in [0.05, 0.1) is 12.6 Å². The lowest BCUT2D eigenvalue weighted by Gasteiger charge is -2.08. The van der Waals surface area contributed by atoms with Crippen LogP contribution in [0.1, 0.15) is 29.9 Å². The minimum atomic E-state index is 0.477. The number of fused-ring (bicyclic) bond motifs is 1. The second kappa shape index (κ2) is 3.53. The first-order valence-electron chi connectivity index (χ1n) is 5.75. The summed E-state index contributed by atoms with van der Waals surface area (Å²) in [5.74, 6) is 0.850. The summed E-state index contributed by atoms with van der Waals surface area (Å²) in [5.41, 5.74) is 4.46. The molecule has 0 amide bonds. The molecule has 1 atom stereocenters. The van der Waals surface area contributed by atoms with Crippen LogP contribution in [0.3, 0.4) is 0 Å². The van der Waals surface area contributed by atoms with E-state index in [-0.39, 0.29) is 0 Å². The molecular weight excluding hydrogens is 186 g/mol. The van der Waals surface area contributed by atoms with Gasteiger partial charge in [0.15, 0.2) is 0 Å². The molecule has 1 aliphatic carbocycles. The zero-order valence-electron chi connectivity index (χ0n) is 9.12. The van der Waals surface area contributed by atoms with Crippen LogP contribution in [0.4, 0.5) is 5.69 Å². The second-order valence-corrected chi connectivity index (χ2v) is 4.65. The Labute approximate surface area is 90.6 Å². The zero-order valence-corrected chi connectivity index (χ0v) is 9.12. The Hall–Kier alpha value is -1.02. The van der Waals surface area contributed by atoms with Crippen molar-refractivity contribution in [2.24, 2.45) is 0 Å². The molecule has 1 aliphatic heterocycles. The molecule has 1 saturated carbocycles. The van der Waals surface area contributed by atoms with E-state index in [1.807, 2.05) is 0 Å². The van der Waals surface area contributed by atoms with Crippen molar-refractivity contribution in [2.45, 2.75) is 31.2 Å². The highest BCUT2D eigenvalue weighted by atomic mass is 16.5. The maximum absolute atomic E-state index is 5.21. The minimum Gasteiger partial charge on any atom is -0.383 e. The summed E-state index contributed by atoms with van der Waals surface area (Å²) in [5, 5.41) is 3.53. The van der Waals surface area contributed by atoms with Gasteiger partial charge < -0.3 is 10.1 Å². The number of anilines is 1. The Morgan fingerprint density at radius 2 is 2.27 bits per heavy atom. The molecule has 1 fully saturated rings. The van der Waals surface area contributed by atoms with Gasteiger partial charge in [0.2, 0.25) is 0 Å². The third-order valence-electron chi connectivity index (χ3n) is 3.41. The number of hydrogen-bond donors (Lipinski definition) is 1. The van der Waals surface area contributed by atoms with Crippen molar-refractivity contribution >= 4 is 5.69 Å². The molecule has 0 unspecified atom stereocenters. The van der Waals surface area contributed by atoms with Crippen molar-refractivity contribution in [3.63, 3.8) is 0 Å². The largest absolute Gasteiger partial charge is 0.383 e. The molecule has 1 heterocycles. The summed E-state index contributed by atoms with van der Waals surface area (Å²) in [6, 6.07) is 7.14. The van der Waals surface area contributed by atoms with Crippen LogP contribution in [0.2, 0.25) is 0 Å². The second-order valence-electron chi connectivity index (χ2n) is 4.65. The van der Waals surface area contributed by atoms with E-state index >= 15 is 0 Å². The number of methoxy groups -OCH3 is 1. The normalized spacial score (nSPS) is 23.7. The van der Waals surface area contributed by atoms with Crippen molar-refractivity contribution in [1.29, 1.82) is 0 Å².